The molecule has 1 aliphatic heterocycles. The van der Waals surface area contributed by atoms with Gasteiger partial charge in [-0.3, -0.25) is 4.98 Å². The molecule has 0 bridgehead atoms. The van der Waals surface area contributed by atoms with Gasteiger partial charge >= 0.3 is 0 Å². The van der Waals surface area contributed by atoms with Gasteiger partial charge in [0.25, 0.3) is 5.65 Å². The van der Waals surface area contributed by atoms with E-state index in [1.54, 1.807) is 12.4 Å². The van der Waals surface area contributed by atoms with Gasteiger partial charge in [-0.25, -0.2) is 18.7 Å². The van der Waals surface area contributed by atoms with Gasteiger partial charge in [0.1, 0.15) is 6.54 Å². The second-order valence-electron chi connectivity index (χ2n) is 5.35. The summed E-state index contributed by atoms with van der Waals surface area (Å²) in [5.74, 6) is 0.979. The summed E-state index contributed by atoms with van der Waals surface area (Å²) in [6, 6.07) is 7.70. The van der Waals surface area contributed by atoms with Crippen molar-refractivity contribution in [2.24, 2.45) is 14.0 Å². The summed E-state index contributed by atoms with van der Waals surface area (Å²) in [5.41, 5.74) is 4.09. The van der Waals surface area contributed by atoms with Gasteiger partial charge in [-0.1, -0.05) is 0 Å². The van der Waals surface area contributed by atoms with Crippen LogP contribution in [0.15, 0.2) is 36.7 Å². The summed E-state index contributed by atoms with van der Waals surface area (Å²) < 4.78 is 29.4. The first-order chi connectivity index (χ1) is 11.5. The molecule has 0 atom stereocenters. The molecule has 0 aromatic carbocycles. The molecule has 4 aromatic heterocycles. The van der Waals surface area contributed by atoms with Crippen LogP contribution in [-0.4, -0.2) is 19.1 Å². The third-order valence-electron chi connectivity index (χ3n) is 4.28. The molecule has 102 valence electrons. The second-order valence-corrected chi connectivity index (χ2v) is 5.35. The first-order valence-electron chi connectivity index (χ1n) is 8.31. The molecule has 5 heteroatoms. The van der Waals surface area contributed by atoms with Crippen LogP contribution < -0.4 is 4.57 Å². The van der Waals surface area contributed by atoms with Gasteiger partial charge in [-0.05, 0) is 24.3 Å². The average molecular weight is 279 g/mol. The van der Waals surface area contributed by atoms with Gasteiger partial charge in [-0.2, -0.15) is 0 Å². The highest BCUT2D eigenvalue weighted by molar-refractivity contribution is 6.03. The number of nitrogens with zero attached hydrogens (tertiary/aromatic N) is 5. The Morgan fingerprint density at radius 2 is 2.10 bits per heavy atom. The van der Waals surface area contributed by atoms with Crippen LogP contribution in [0.5, 0.6) is 0 Å². The zero-order valence-electron chi connectivity index (χ0n) is 14.4. The zero-order chi connectivity index (χ0) is 16.6. The van der Waals surface area contributed by atoms with Crippen molar-refractivity contribution in [3.63, 3.8) is 0 Å². The van der Waals surface area contributed by atoms with Crippen LogP contribution in [-0.2, 0) is 20.6 Å². The van der Waals surface area contributed by atoms with E-state index in [0.29, 0.717) is 17.8 Å². The van der Waals surface area contributed by atoms with Crippen molar-refractivity contribution in [1.82, 2.24) is 19.1 Å². The Morgan fingerprint density at radius 3 is 3.00 bits per heavy atom. The predicted molar refractivity (Wildman–Crippen MR) is 79.7 cm³/mol. The molecule has 0 saturated heterocycles. The Balaban J connectivity index is 2.02. The standard InChI is InChI=1S/C16H14N5/c1-19-14-11(6-4-8-18-14)13-16(19)20(2)15-10-5-3-7-17-12(10)9-21(13)15/h3-8H,9H2,1-2H3/q+1/i1D3. The van der Waals surface area contributed by atoms with Crippen molar-refractivity contribution in [2.45, 2.75) is 6.54 Å². The highest BCUT2D eigenvalue weighted by Gasteiger charge is 2.34. The molecular weight excluding hydrogens is 262 g/mol. The maximum absolute atomic E-state index is 7.97. The Hall–Kier alpha value is -2.69. The molecule has 1 aliphatic rings. The molecule has 0 amide bonds. The molecule has 4 aromatic rings. The number of hydrogen-bond donors (Lipinski definition) is 0. The highest BCUT2D eigenvalue weighted by Crippen LogP contribution is 2.35. The Labute approximate surface area is 125 Å². The number of aromatic nitrogens is 5. The predicted octanol–water partition coefficient (Wildman–Crippen LogP) is 1.78. The SMILES string of the molecule is [2H]C([2H])([2H])n1c2ncccc2c2c1[n+](C)c1n2Cc2ncccc2-1. The molecule has 0 saturated carbocycles. The van der Waals surface area contributed by atoms with E-state index in [4.69, 9.17) is 4.11 Å². The normalized spacial score (nSPS) is 15.8. The lowest BCUT2D eigenvalue weighted by molar-refractivity contribution is -0.636. The van der Waals surface area contributed by atoms with Crippen molar-refractivity contribution in [2.75, 3.05) is 0 Å². The van der Waals surface area contributed by atoms with Gasteiger partial charge in [0, 0.05) is 12.4 Å². The van der Waals surface area contributed by atoms with Crippen molar-refractivity contribution in [3.8, 4) is 11.4 Å². The topological polar surface area (TPSA) is 39.5 Å². The quantitative estimate of drug-likeness (QED) is 0.405. The van der Waals surface area contributed by atoms with E-state index in [0.717, 1.165) is 28.0 Å². The van der Waals surface area contributed by atoms with E-state index in [1.807, 2.05) is 35.9 Å². The Kier molecular flexibility index (Phi) is 1.42. The van der Waals surface area contributed by atoms with Crippen LogP contribution in [0.25, 0.3) is 33.6 Å². The van der Waals surface area contributed by atoms with E-state index in [-0.39, 0.29) is 0 Å². The Bertz CT molecular complexity index is 1140. The van der Waals surface area contributed by atoms with Crippen molar-refractivity contribution in [3.05, 3.63) is 42.4 Å². The molecule has 0 spiro atoms. The van der Waals surface area contributed by atoms with Gasteiger partial charge in [0.2, 0.25) is 11.5 Å². The minimum Gasteiger partial charge on any atom is -0.257 e. The average Bonchev–Trinajstić information content (AvgIpc) is 3.15. The Morgan fingerprint density at radius 1 is 1.24 bits per heavy atom. The molecule has 21 heavy (non-hydrogen) atoms. The third kappa shape index (κ3) is 1.15. The number of rotatable bonds is 0. The molecule has 0 fully saturated rings. The molecule has 5 nitrogen and oxygen atoms in total. The molecule has 0 aliphatic carbocycles. The summed E-state index contributed by atoms with van der Waals surface area (Å²) in [4.78, 5) is 8.80. The fraction of sp³-hybridized carbons (Fsp3) is 0.188. The van der Waals surface area contributed by atoms with Crippen LogP contribution in [0.4, 0.5) is 0 Å². The van der Waals surface area contributed by atoms with E-state index < -0.39 is 6.98 Å². The molecule has 0 N–H and O–H groups in total. The maximum atomic E-state index is 7.97. The number of aryl methyl sites for hydroxylation is 2. The summed E-state index contributed by atoms with van der Waals surface area (Å²) in [7, 11) is 1.90. The molecular formula is C16H14N5+. The summed E-state index contributed by atoms with van der Waals surface area (Å²) in [5, 5.41) is 0.846. The van der Waals surface area contributed by atoms with Gasteiger partial charge in [0.05, 0.1) is 34.8 Å². The van der Waals surface area contributed by atoms with Gasteiger partial charge in [0.15, 0.2) is 5.52 Å². The van der Waals surface area contributed by atoms with Crippen LogP contribution in [0.3, 0.4) is 0 Å². The van der Waals surface area contributed by atoms with Crippen molar-refractivity contribution in [1.29, 1.82) is 0 Å². The van der Waals surface area contributed by atoms with E-state index in [9.17, 15) is 0 Å². The summed E-state index contributed by atoms with van der Waals surface area (Å²) in [6.07, 6.45) is 3.42. The fourth-order valence-electron chi connectivity index (χ4n) is 3.45. The molecule has 0 radical (unpaired) electrons. The number of pyridine rings is 2. The minimum atomic E-state index is -2.30. The van der Waals surface area contributed by atoms with E-state index >= 15 is 0 Å². The molecule has 5 heterocycles. The highest BCUT2D eigenvalue weighted by atomic mass is 15.3. The zero-order valence-corrected chi connectivity index (χ0v) is 11.4. The molecule has 5 rings (SSSR count). The van der Waals surface area contributed by atoms with Crippen LogP contribution in [0, 0.1) is 0 Å². The van der Waals surface area contributed by atoms with Gasteiger partial charge in [-0.15, -0.1) is 0 Å². The van der Waals surface area contributed by atoms with E-state index in [1.165, 1.54) is 4.57 Å². The lowest BCUT2D eigenvalue weighted by atomic mass is 10.2. The van der Waals surface area contributed by atoms with Crippen LogP contribution in [0.1, 0.15) is 9.81 Å². The summed E-state index contributed by atoms with van der Waals surface area (Å²) in [6.45, 7) is -1.66. The largest absolute Gasteiger partial charge is 0.270 e. The van der Waals surface area contributed by atoms with Crippen molar-refractivity contribution >= 4 is 22.2 Å². The first-order valence-corrected chi connectivity index (χ1v) is 6.81. The third-order valence-corrected chi connectivity index (χ3v) is 4.28. The summed E-state index contributed by atoms with van der Waals surface area (Å²) >= 11 is 0. The first kappa shape index (κ1) is 8.56. The van der Waals surface area contributed by atoms with Crippen molar-refractivity contribution < 1.29 is 8.68 Å². The van der Waals surface area contributed by atoms with Crippen LogP contribution in [0.2, 0.25) is 0 Å². The number of fused-ring (bicyclic) bond motifs is 7. The van der Waals surface area contributed by atoms with Gasteiger partial charge < -0.3 is 0 Å². The maximum Gasteiger partial charge on any atom is 0.270 e. The monoisotopic (exact) mass is 279 g/mol. The smallest absolute Gasteiger partial charge is 0.257 e. The van der Waals surface area contributed by atoms with Crippen LogP contribution >= 0.6 is 0 Å². The van der Waals surface area contributed by atoms with E-state index in [2.05, 4.69) is 14.5 Å². The number of imidazole rings is 1. The lowest BCUT2D eigenvalue weighted by Gasteiger charge is -1.97. The fourth-order valence-corrected chi connectivity index (χ4v) is 3.45. The lowest BCUT2D eigenvalue weighted by Crippen LogP contribution is -2.31. The number of hydrogen-bond acceptors (Lipinski definition) is 2. The minimum absolute atomic E-state index is 0.484. The second kappa shape index (κ2) is 3.49. The molecule has 0 unspecified atom stereocenters.